The molecule has 0 saturated heterocycles. The third-order valence-electron chi connectivity index (χ3n) is 7.91. The first-order chi connectivity index (χ1) is 17.8. The van der Waals surface area contributed by atoms with Gasteiger partial charge in [-0.05, 0) is 51.9 Å². The molecule has 2 aromatic heterocycles. The fourth-order valence-corrected chi connectivity index (χ4v) is 5.02. The van der Waals surface area contributed by atoms with Gasteiger partial charge in [-0.1, -0.05) is 81.8 Å². The van der Waals surface area contributed by atoms with Crippen LogP contribution in [0, 0.1) is 19.1 Å². The van der Waals surface area contributed by atoms with E-state index in [4.69, 9.17) is 0 Å². The van der Waals surface area contributed by atoms with Crippen molar-refractivity contribution in [2.24, 2.45) is 0 Å². The Hall–Kier alpha value is -3.39. The van der Waals surface area contributed by atoms with E-state index in [0.29, 0.717) is 0 Å². The zero-order chi connectivity index (χ0) is 26.0. The van der Waals surface area contributed by atoms with E-state index >= 15 is 0 Å². The molecule has 3 heteroatoms. The minimum absolute atomic E-state index is 0. The van der Waals surface area contributed by atoms with Gasteiger partial charge in [-0.25, -0.2) is 0 Å². The maximum atomic E-state index is 4.49. The van der Waals surface area contributed by atoms with E-state index in [1.165, 1.54) is 27.8 Å². The van der Waals surface area contributed by atoms with E-state index in [9.17, 15) is 0 Å². The molecule has 0 unspecified atom stereocenters. The topological polar surface area (TPSA) is 25.8 Å². The molecule has 0 amide bonds. The summed E-state index contributed by atoms with van der Waals surface area (Å²) in [5.41, 5.74) is 10.8. The predicted molar refractivity (Wildman–Crippen MR) is 153 cm³/mol. The number of rotatable bonds is 2. The molecule has 0 atom stereocenters. The molecule has 5 aromatic rings. The first-order valence-corrected chi connectivity index (χ1v) is 12.8. The van der Waals surface area contributed by atoms with Crippen molar-refractivity contribution in [2.45, 2.75) is 45.4 Å². The number of hydrogen-bond acceptors (Lipinski definition) is 2. The van der Waals surface area contributed by atoms with E-state index in [0.717, 1.165) is 22.5 Å². The Morgan fingerprint density at radius 3 is 2.03 bits per heavy atom. The van der Waals surface area contributed by atoms with Crippen LogP contribution >= 0.6 is 0 Å². The summed E-state index contributed by atoms with van der Waals surface area (Å²) >= 11 is 0. The summed E-state index contributed by atoms with van der Waals surface area (Å²) < 4.78 is 0. The average molecular weight is 673 g/mol. The van der Waals surface area contributed by atoms with Crippen molar-refractivity contribution in [1.82, 2.24) is 9.97 Å². The molecule has 0 saturated carbocycles. The van der Waals surface area contributed by atoms with Crippen molar-refractivity contribution in [3.8, 4) is 33.6 Å². The quantitative estimate of drug-likeness (QED) is 0.176. The molecule has 1 radical (unpaired) electrons. The third kappa shape index (κ3) is 5.14. The number of hydrogen-bond donors (Lipinski definition) is 0. The zero-order valence-electron chi connectivity index (χ0n) is 22.5. The van der Waals surface area contributed by atoms with Gasteiger partial charge in [-0.3, -0.25) is 0 Å². The first kappa shape index (κ1) is 27.6. The zero-order valence-corrected chi connectivity index (χ0v) is 24.9. The van der Waals surface area contributed by atoms with Gasteiger partial charge in [0.1, 0.15) is 0 Å². The fourth-order valence-electron chi connectivity index (χ4n) is 5.02. The van der Waals surface area contributed by atoms with Gasteiger partial charge in [0, 0.05) is 32.5 Å². The maximum Gasteiger partial charge on any atom is 0.0190 e. The van der Waals surface area contributed by atoms with Gasteiger partial charge < -0.3 is 9.97 Å². The van der Waals surface area contributed by atoms with Crippen molar-refractivity contribution >= 4 is 0 Å². The third-order valence-corrected chi connectivity index (χ3v) is 7.91. The second-order valence-electron chi connectivity index (χ2n) is 10.7. The van der Waals surface area contributed by atoms with Gasteiger partial charge in [0.2, 0.25) is 0 Å². The summed E-state index contributed by atoms with van der Waals surface area (Å²) in [5, 5.41) is 0. The monoisotopic (exact) mass is 673 g/mol. The predicted octanol–water partition coefficient (Wildman–Crippen LogP) is 8.64. The van der Waals surface area contributed by atoms with Crippen LogP contribution in [0.3, 0.4) is 0 Å². The Morgan fingerprint density at radius 1 is 0.632 bits per heavy atom. The number of fused-ring (bicyclic) bond motifs is 3. The maximum absolute atomic E-state index is 4.49. The molecule has 0 bridgehead atoms. The van der Waals surface area contributed by atoms with Crippen LogP contribution in [-0.2, 0) is 30.9 Å². The van der Waals surface area contributed by atoms with Crippen molar-refractivity contribution in [3.63, 3.8) is 0 Å². The normalized spacial score (nSPS) is 14.1. The summed E-state index contributed by atoms with van der Waals surface area (Å²) in [5.74, 6) is 0. The van der Waals surface area contributed by atoms with Crippen LogP contribution in [0.15, 0.2) is 103 Å². The number of aryl methyl sites for hydroxylation is 1. The van der Waals surface area contributed by atoms with Crippen LogP contribution in [0.4, 0.5) is 0 Å². The molecule has 1 aliphatic carbocycles. The minimum Gasteiger partial charge on any atom is -0.305 e. The summed E-state index contributed by atoms with van der Waals surface area (Å²) in [6.45, 7) is 11.4. The van der Waals surface area contributed by atoms with Gasteiger partial charge in [0.25, 0.3) is 0 Å². The number of benzene rings is 3. The second-order valence-corrected chi connectivity index (χ2v) is 10.7. The molecule has 3 aromatic carbocycles. The number of pyridine rings is 2. The van der Waals surface area contributed by atoms with Gasteiger partial charge in [0.05, 0.1) is 0 Å². The minimum atomic E-state index is 0. The Balaban J connectivity index is 0.000000204. The van der Waals surface area contributed by atoms with Crippen LogP contribution in [0.25, 0.3) is 33.6 Å². The first-order valence-electron chi connectivity index (χ1n) is 12.8. The van der Waals surface area contributed by atoms with E-state index < -0.39 is 0 Å². The fraction of sp³-hybridized carbons (Fsp3) is 0.200. The van der Waals surface area contributed by atoms with Crippen LogP contribution in [0.2, 0.25) is 0 Å². The van der Waals surface area contributed by atoms with Gasteiger partial charge in [0.15, 0.2) is 0 Å². The van der Waals surface area contributed by atoms with E-state index in [1.54, 1.807) is 0 Å². The summed E-state index contributed by atoms with van der Waals surface area (Å²) in [6, 6.07) is 37.8. The Kier molecular flexibility index (Phi) is 8.11. The van der Waals surface area contributed by atoms with E-state index in [-0.39, 0.29) is 30.9 Å². The van der Waals surface area contributed by atoms with Crippen molar-refractivity contribution in [3.05, 3.63) is 132 Å². The largest absolute Gasteiger partial charge is 0.305 e. The van der Waals surface area contributed by atoms with Crippen LogP contribution in [-0.4, -0.2) is 9.97 Å². The molecule has 2 nitrogen and oxygen atoms in total. The Bertz CT molecular complexity index is 1510. The summed E-state index contributed by atoms with van der Waals surface area (Å²) in [6.07, 6.45) is 3.71. The molecule has 193 valence electrons. The van der Waals surface area contributed by atoms with Gasteiger partial charge in [-0.2, -0.15) is 0 Å². The number of aromatic nitrogens is 2. The molecular formula is C35H32IrN2-2. The molecular weight excluding hydrogens is 641 g/mol. The van der Waals surface area contributed by atoms with Crippen LogP contribution in [0.1, 0.15) is 44.4 Å². The number of nitrogens with zero attached hydrogens (tertiary/aromatic N) is 2. The van der Waals surface area contributed by atoms with E-state index in [1.807, 2.05) is 67.8 Å². The summed E-state index contributed by atoms with van der Waals surface area (Å²) in [4.78, 5) is 8.80. The SMILES string of the molecule is CC1(C)c2c[c-]c(-c3ccccn3)cc2-c2ccccc2C1(C)C.Cc1ccc(-c2[c-]cccc2)nc1.[Ir]. The molecule has 6 rings (SSSR count). The molecule has 0 aliphatic heterocycles. The van der Waals surface area contributed by atoms with Gasteiger partial charge in [-0.15, -0.1) is 65.2 Å². The molecule has 1 aliphatic rings. The van der Waals surface area contributed by atoms with Crippen LogP contribution < -0.4 is 0 Å². The smallest absolute Gasteiger partial charge is 0.0190 e. The molecule has 0 fully saturated rings. The van der Waals surface area contributed by atoms with Crippen LogP contribution in [0.5, 0.6) is 0 Å². The Morgan fingerprint density at radius 2 is 1.34 bits per heavy atom. The van der Waals surface area contributed by atoms with Crippen molar-refractivity contribution in [2.75, 3.05) is 0 Å². The summed E-state index contributed by atoms with van der Waals surface area (Å²) in [7, 11) is 0. The molecule has 2 heterocycles. The molecule has 0 spiro atoms. The second kappa shape index (κ2) is 11.2. The standard InChI is InChI=1S/C23H22N.C12H10N.Ir/c1-22(2)19-10-6-5-9-17(19)18-15-16(21-11-7-8-14-24-21)12-13-20(18)23(22,3)4;1-10-7-8-12(13-9-10)11-5-3-2-4-6-11;/h5-11,13-15H,1-4H3;2-5,7-9H,1H3;/q2*-1;. The van der Waals surface area contributed by atoms with Crippen molar-refractivity contribution in [1.29, 1.82) is 0 Å². The van der Waals surface area contributed by atoms with Gasteiger partial charge >= 0.3 is 0 Å². The molecule has 0 N–H and O–H groups in total. The van der Waals surface area contributed by atoms with Crippen molar-refractivity contribution < 1.29 is 20.1 Å². The molecule has 38 heavy (non-hydrogen) atoms. The average Bonchev–Trinajstić information content (AvgIpc) is 2.94. The van der Waals surface area contributed by atoms with E-state index in [2.05, 4.69) is 92.3 Å². The Labute approximate surface area is 240 Å².